The van der Waals surface area contributed by atoms with Gasteiger partial charge in [0, 0.05) is 36.0 Å². The van der Waals surface area contributed by atoms with E-state index in [4.69, 9.17) is 16.3 Å². The lowest BCUT2D eigenvalue weighted by molar-refractivity contribution is -0.121. The first-order valence-electron chi connectivity index (χ1n) is 10.1. The molecule has 0 spiro atoms. The third kappa shape index (κ3) is 7.29. The number of ether oxygens (including phenoxy) is 1. The van der Waals surface area contributed by atoms with E-state index in [0.29, 0.717) is 54.2 Å². The van der Waals surface area contributed by atoms with E-state index in [9.17, 15) is 14.4 Å². The number of piperidine rings is 1. The van der Waals surface area contributed by atoms with Crippen LogP contribution < -0.4 is 10.9 Å². The van der Waals surface area contributed by atoms with Crippen LogP contribution >= 0.6 is 23.4 Å². The molecule has 1 aliphatic rings. The normalized spacial score (nSPS) is 14.3. The largest absolute Gasteiger partial charge is 0.450 e. The Hall–Kier alpha value is -2.52. The first-order chi connectivity index (χ1) is 14.9. The number of carbonyl (C=O) groups excluding carboxylic acids is 2. The van der Waals surface area contributed by atoms with Crippen molar-refractivity contribution in [2.24, 2.45) is 0 Å². The van der Waals surface area contributed by atoms with Crippen molar-refractivity contribution in [2.45, 2.75) is 43.1 Å². The van der Waals surface area contributed by atoms with E-state index in [-0.39, 0.29) is 30.0 Å². The summed E-state index contributed by atoms with van der Waals surface area (Å²) in [5.74, 6) is 0.400. The number of hydrogen-bond acceptors (Lipinski definition) is 6. The minimum atomic E-state index is -0.317. The third-order valence-electron chi connectivity index (χ3n) is 4.77. The van der Waals surface area contributed by atoms with Crippen molar-refractivity contribution in [1.82, 2.24) is 20.2 Å². The maximum Gasteiger partial charge on any atom is 0.409 e. The fraction of sp³-hybridized carbons (Fsp3) is 0.429. The van der Waals surface area contributed by atoms with E-state index in [0.717, 1.165) is 5.56 Å². The summed E-state index contributed by atoms with van der Waals surface area (Å²) < 4.78 is 5.00. The van der Waals surface area contributed by atoms with Gasteiger partial charge < -0.3 is 19.9 Å². The summed E-state index contributed by atoms with van der Waals surface area (Å²) in [7, 11) is 0. The molecule has 0 radical (unpaired) electrons. The van der Waals surface area contributed by atoms with Gasteiger partial charge in [-0.2, -0.15) is 0 Å². The highest BCUT2D eigenvalue weighted by atomic mass is 35.5. The number of aromatic amines is 1. The zero-order chi connectivity index (χ0) is 22.2. The molecule has 1 fully saturated rings. The number of carbonyl (C=O) groups is 2. The molecule has 3 rings (SSSR count). The van der Waals surface area contributed by atoms with Gasteiger partial charge in [0.25, 0.3) is 5.56 Å². The van der Waals surface area contributed by atoms with E-state index in [1.54, 1.807) is 17.9 Å². The number of halogens is 1. The molecular formula is C21H25ClN4O4S. The molecule has 0 unspecified atom stereocenters. The maximum absolute atomic E-state index is 12.4. The highest BCUT2D eigenvalue weighted by Crippen LogP contribution is 2.21. The highest BCUT2D eigenvalue weighted by molar-refractivity contribution is 7.98. The summed E-state index contributed by atoms with van der Waals surface area (Å²) in [6, 6.07) is 8.80. The van der Waals surface area contributed by atoms with Gasteiger partial charge in [-0.15, -0.1) is 0 Å². The van der Waals surface area contributed by atoms with Crippen LogP contribution in [0.2, 0.25) is 5.02 Å². The van der Waals surface area contributed by atoms with E-state index in [2.05, 4.69) is 15.3 Å². The zero-order valence-corrected chi connectivity index (χ0v) is 18.8. The molecule has 31 heavy (non-hydrogen) atoms. The van der Waals surface area contributed by atoms with Crippen LogP contribution in [0.5, 0.6) is 0 Å². The number of aromatic nitrogens is 2. The molecule has 8 nitrogen and oxygen atoms in total. The molecule has 1 aromatic heterocycles. The van der Waals surface area contributed by atoms with E-state index in [1.807, 2.05) is 18.2 Å². The Bertz CT molecular complexity index is 976. The van der Waals surface area contributed by atoms with Gasteiger partial charge in [-0.3, -0.25) is 9.59 Å². The molecule has 2 heterocycles. The summed E-state index contributed by atoms with van der Waals surface area (Å²) in [4.78, 5) is 44.9. The number of nitrogens with one attached hydrogen (secondary N) is 2. The van der Waals surface area contributed by atoms with Crippen LogP contribution in [-0.4, -0.2) is 52.6 Å². The molecule has 166 valence electrons. The SMILES string of the molecule is CCOC(=O)N1CCC(NC(=O)Cc2cc(=O)[nH]c(SCc3cccc(Cl)c3)n2)CC1. The second-order valence-corrected chi connectivity index (χ2v) is 8.57. The van der Waals surface area contributed by atoms with E-state index < -0.39 is 0 Å². The Balaban J connectivity index is 1.51. The fourth-order valence-corrected chi connectivity index (χ4v) is 4.34. The number of thioether (sulfide) groups is 1. The van der Waals surface area contributed by atoms with Crippen LogP contribution in [-0.2, 0) is 21.7 Å². The van der Waals surface area contributed by atoms with Crippen molar-refractivity contribution < 1.29 is 14.3 Å². The van der Waals surface area contributed by atoms with Crippen LogP contribution in [0.25, 0.3) is 0 Å². The number of hydrogen-bond donors (Lipinski definition) is 2. The van der Waals surface area contributed by atoms with Gasteiger partial charge in [0.05, 0.1) is 18.7 Å². The summed E-state index contributed by atoms with van der Waals surface area (Å²) in [5, 5.41) is 4.08. The Labute approximate surface area is 189 Å². The Morgan fingerprint density at radius 1 is 1.32 bits per heavy atom. The minimum Gasteiger partial charge on any atom is -0.450 e. The van der Waals surface area contributed by atoms with Crippen molar-refractivity contribution >= 4 is 35.4 Å². The van der Waals surface area contributed by atoms with Gasteiger partial charge in [-0.05, 0) is 37.5 Å². The first kappa shape index (κ1) is 23.1. The number of likely N-dealkylation sites (tertiary alicyclic amines) is 1. The van der Waals surface area contributed by atoms with Crippen molar-refractivity contribution in [3.63, 3.8) is 0 Å². The molecule has 0 saturated carbocycles. The van der Waals surface area contributed by atoms with Crippen LogP contribution in [0.4, 0.5) is 4.79 Å². The molecule has 1 saturated heterocycles. The smallest absolute Gasteiger partial charge is 0.409 e. The molecule has 0 atom stereocenters. The van der Waals surface area contributed by atoms with Gasteiger partial charge >= 0.3 is 6.09 Å². The van der Waals surface area contributed by atoms with E-state index in [1.165, 1.54) is 17.8 Å². The first-order valence-corrected chi connectivity index (χ1v) is 11.5. The predicted octanol–water partition coefficient (Wildman–Crippen LogP) is 3.00. The minimum absolute atomic E-state index is 0.0168. The van der Waals surface area contributed by atoms with Gasteiger partial charge in [0.15, 0.2) is 5.16 Å². The highest BCUT2D eigenvalue weighted by Gasteiger charge is 2.24. The van der Waals surface area contributed by atoms with Crippen molar-refractivity contribution in [3.05, 3.63) is 57.0 Å². The molecule has 1 aromatic carbocycles. The standard InChI is InChI=1S/C21H25ClN4O4S/c1-2-30-21(29)26-8-6-16(7-9-26)23-18(27)11-17-12-19(28)25-20(24-17)31-13-14-4-3-5-15(22)10-14/h3-5,10,12,16H,2,6-9,11,13H2,1H3,(H,23,27)(H,24,25,28). The quantitative estimate of drug-likeness (QED) is 0.482. The monoisotopic (exact) mass is 464 g/mol. The van der Waals surface area contributed by atoms with Crippen molar-refractivity contribution in [1.29, 1.82) is 0 Å². The molecule has 0 bridgehead atoms. The summed E-state index contributed by atoms with van der Waals surface area (Å²) in [5.41, 5.74) is 1.13. The number of amides is 2. The molecule has 2 amide bonds. The summed E-state index contributed by atoms with van der Waals surface area (Å²) in [6.45, 7) is 3.20. The molecule has 0 aliphatic carbocycles. The predicted molar refractivity (Wildman–Crippen MR) is 119 cm³/mol. The number of benzene rings is 1. The summed E-state index contributed by atoms with van der Waals surface area (Å²) in [6.07, 6.45) is 1.03. The molecular weight excluding hydrogens is 440 g/mol. The average molecular weight is 465 g/mol. The van der Waals surface area contributed by atoms with Crippen LogP contribution in [0.15, 0.2) is 40.3 Å². The van der Waals surface area contributed by atoms with Gasteiger partial charge in [-0.25, -0.2) is 9.78 Å². The van der Waals surface area contributed by atoms with Gasteiger partial charge in [0.1, 0.15) is 0 Å². The molecule has 10 heteroatoms. The van der Waals surface area contributed by atoms with Crippen LogP contribution in [0.3, 0.4) is 0 Å². The average Bonchev–Trinajstić information content (AvgIpc) is 2.72. The maximum atomic E-state index is 12.4. The third-order valence-corrected chi connectivity index (χ3v) is 5.94. The molecule has 2 N–H and O–H groups in total. The van der Waals surface area contributed by atoms with Crippen LogP contribution in [0.1, 0.15) is 31.0 Å². The lowest BCUT2D eigenvalue weighted by atomic mass is 10.1. The second kappa shape index (κ2) is 11.2. The lowest BCUT2D eigenvalue weighted by Gasteiger charge is -2.31. The fourth-order valence-electron chi connectivity index (χ4n) is 3.29. The Kier molecular flexibility index (Phi) is 8.36. The van der Waals surface area contributed by atoms with Crippen molar-refractivity contribution in [2.75, 3.05) is 19.7 Å². The Morgan fingerprint density at radius 2 is 2.10 bits per heavy atom. The number of rotatable bonds is 7. The lowest BCUT2D eigenvalue weighted by Crippen LogP contribution is -2.47. The van der Waals surface area contributed by atoms with Gasteiger partial charge in [0.2, 0.25) is 5.91 Å². The number of nitrogens with zero attached hydrogens (tertiary/aromatic N) is 2. The van der Waals surface area contributed by atoms with E-state index >= 15 is 0 Å². The van der Waals surface area contributed by atoms with Crippen molar-refractivity contribution in [3.8, 4) is 0 Å². The zero-order valence-electron chi connectivity index (χ0n) is 17.2. The van der Waals surface area contributed by atoms with Gasteiger partial charge in [-0.1, -0.05) is 35.5 Å². The molecule has 2 aromatic rings. The summed E-state index contributed by atoms with van der Waals surface area (Å²) >= 11 is 7.37. The topological polar surface area (TPSA) is 104 Å². The second-order valence-electron chi connectivity index (χ2n) is 7.17. The number of H-pyrrole nitrogens is 1. The van der Waals surface area contributed by atoms with Crippen LogP contribution in [0, 0.1) is 0 Å². The Morgan fingerprint density at radius 3 is 2.81 bits per heavy atom. The molecule has 1 aliphatic heterocycles.